The number of fused-ring (bicyclic) bond motifs is 2. The Bertz CT molecular complexity index is 476. The van der Waals surface area contributed by atoms with Crippen LogP contribution in [0.25, 0.3) is 6.20 Å². The van der Waals surface area contributed by atoms with Crippen molar-refractivity contribution in [1.82, 2.24) is 4.98 Å². The van der Waals surface area contributed by atoms with Crippen molar-refractivity contribution in [3.8, 4) is 0 Å². The number of hydrogen-bond acceptors (Lipinski definition) is 5. The maximum atomic E-state index is 4.20. The Morgan fingerprint density at radius 2 is 2.25 bits per heavy atom. The monoisotopic (exact) mass is 157 g/mol. The van der Waals surface area contributed by atoms with Gasteiger partial charge >= 0.3 is 0 Å². The van der Waals surface area contributed by atoms with Crippen LogP contribution in [0.15, 0.2) is 26.3 Å². The van der Waals surface area contributed by atoms with Gasteiger partial charge in [-0.15, -0.1) is 5.11 Å². The summed E-state index contributed by atoms with van der Waals surface area (Å²) in [5, 5.41) is 9.14. The third kappa shape index (κ3) is 0.597. The number of rotatable bonds is 0. The SMILES string of the molecule is C1=Nc2nc3c(cc2=N1)N=NC=3. The summed E-state index contributed by atoms with van der Waals surface area (Å²) in [6.07, 6.45) is 3.10. The first-order valence-electron chi connectivity index (χ1n) is 3.46. The van der Waals surface area contributed by atoms with Gasteiger partial charge in [0.15, 0.2) is 5.82 Å². The second-order valence-electron chi connectivity index (χ2n) is 2.45. The summed E-state index contributed by atoms with van der Waals surface area (Å²) in [4.78, 5) is 12.2. The first-order chi connectivity index (χ1) is 5.93. The Hall–Kier alpha value is -1.91. The molecule has 2 aliphatic heterocycles. The van der Waals surface area contributed by atoms with Crippen LogP contribution < -0.4 is 10.7 Å². The van der Waals surface area contributed by atoms with Gasteiger partial charge in [-0.05, 0) is 6.07 Å². The van der Waals surface area contributed by atoms with E-state index in [0.717, 1.165) is 16.4 Å². The number of azo groups is 1. The molecule has 12 heavy (non-hydrogen) atoms. The minimum Gasteiger partial charge on any atom is -0.233 e. The molecule has 5 nitrogen and oxygen atoms in total. The van der Waals surface area contributed by atoms with Crippen molar-refractivity contribution in [3.63, 3.8) is 0 Å². The van der Waals surface area contributed by atoms with Crippen LogP contribution in [0, 0.1) is 0 Å². The number of nitrogens with zero attached hydrogens (tertiary/aromatic N) is 5. The summed E-state index contributed by atoms with van der Waals surface area (Å²) in [6, 6.07) is 1.83. The summed E-state index contributed by atoms with van der Waals surface area (Å²) < 4.78 is 0. The summed E-state index contributed by atoms with van der Waals surface area (Å²) in [5.41, 5.74) is 0.767. The first kappa shape index (κ1) is 5.70. The number of aromatic nitrogens is 1. The second kappa shape index (κ2) is 1.82. The van der Waals surface area contributed by atoms with Crippen molar-refractivity contribution in [2.45, 2.75) is 0 Å². The van der Waals surface area contributed by atoms with E-state index in [0.29, 0.717) is 5.82 Å². The van der Waals surface area contributed by atoms with Crippen molar-refractivity contribution in [1.29, 1.82) is 0 Å². The van der Waals surface area contributed by atoms with Crippen LogP contribution >= 0.6 is 0 Å². The van der Waals surface area contributed by atoms with Crippen LogP contribution in [0.2, 0.25) is 0 Å². The largest absolute Gasteiger partial charge is 0.233 e. The van der Waals surface area contributed by atoms with E-state index in [-0.39, 0.29) is 0 Å². The highest BCUT2D eigenvalue weighted by atomic mass is 15.1. The van der Waals surface area contributed by atoms with Crippen molar-refractivity contribution < 1.29 is 0 Å². The number of aliphatic imine (C=N–C) groups is 1. The predicted octanol–water partition coefficient (Wildman–Crippen LogP) is 0.210. The van der Waals surface area contributed by atoms with Crippen molar-refractivity contribution in [3.05, 3.63) is 16.8 Å². The third-order valence-corrected chi connectivity index (χ3v) is 1.71. The minimum absolute atomic E-state index is 0.650. The topological polar surface area (TPSA) is 62.3 Å². The molecule has 56 valence electrons. The molecule has 0 spiro atoms. The Labute approximate surface area is 66.9 Å². The van der Waals surface area contributed by atoms with Crippen molar-refractivity contribution in [2.75, 3.05) is 0 Å². The highest BCUT2D eigenvalue weighted by Crippen LogP contribution is 2.10. The molecule has 1 aromatic rings. The highest BCUT2D eigenvalue weighted by Gasteiger charge is 2.07. The molecule has 1 aromatic heterocycles. The second-order valence-corrected chi connectivity index (χ2v) is 2.45. The summed E-state index contributed by atoms with van der Waals surface area (Å²) in [6.45, 7) is 0. The predicted molar refractivity (Wildman–Crippen MR) is 42.2 cm³/mol. The van der Waals surface area contributed by atoms with Crippen LogP contribution in [0.4, 0.5) is 11.5 Å². The van der Waals surface area contributed by atoms with Crippen molar-refractivity contribution in [2.24, 2.45) is 20.2 Å². The van der Waals surface area contributed by atoms with Crippen LogP contribution in [-0.2, 0) is 0 Å². The smallest absolute Gasteiger partial charge is 0.180 e. The zero-order chi connectivity index (χ0) is 7.97. The van der Waals surface area contributed by atoms with E-state index < -0.39 is 0 Å². The van der Waals surface area contributed by atoms with Crippen LogP contribution in [0.1, 0.15) is 0 Å². The van der Waals surface area contributed by atoms with Crippen LogP contribution in [-0.4, -0.2) is 11.3 Å². The maximum Gasteiger partial charge on any atom is 0.180 e. The normalized spacial score (nSPS) is 15.3. The van der Waals surface area contributed by atoms with Gasteiger partial charge in [-0.2, -0.15) is 5.11 Å². The standard InChI is InChI=1S/C7H3N5/c1-4-6(2-10-12-4)11-7-5(1)8-3-9-7/h1-3H. The molecule has 0 atom stereocenters. The van der Waals surface area contributed by atoms with E-state index in [1.807, 2.05) is 6.07 Å². The maximum absolute atomic E-state index is 4.20. The molecule has 3 rings (SSSR count). The molecular formula is C7H3N5. The third-order valence-electron chi connectivity index (χ3n) is 1.71. The molecule has 0 fully saturated rings. The van der Waals surface area contributed by atoms with Gasteiger partial charge in [0.1, 0.15) is 22.7 Å². The number of pyridine rings is 1. The molecule has 0 aliphatic carbocycles. The lowest BCUT2D eigenvalue weighted by molar-refractivity contribution is 1.19. The molecule has 0 N–H and O–H groups in total. The van der Waals surface area contributed by atoms with Gasteiger partial charge < -0.3 is 0 Å². The Kier molecular flexibility index (Phi) is 0.864. The molecule has 0 radical (unpaired) electrons. The fraction of sp³-hybridized carbons (Fsp3) is 0. The van der Waals surface area contributed by atoms with Gasteiger partial charge in [-0.3, -0.25) is 0 Å². The van der Waals surface area contributed by atoms with Crippen molar-refractivity contribution >= 4 is 24.0 Å². The highest BCUT2D eigenvalue weighted by molar-refractivity contribution is 5.66. The fourth-order valence-corrected chi connectivity index (χ4v) is 1.15. The molecule has 5 heteroatoms. The van der Waals surface area contributed by atoms with E-state index in [4.69, 9.17) is 0 Å². The van der Waals surface area contributed by atoms with Gasteiger partial charge in [-0.25, -0.2) is 15.0 Å². The quantitative estimate of drug-likeness (QED) is 0.531. The van der Waals surface area contributed by atoms with E-state index >= 15 is 0 Å². The molecule has 2 aliphatic rings. The van der Waals surface area contributed by atoms with Crippen LogP contribution in [0.5, 0.6) is 0 Å². The molecular weight excluding hydrogens is 154 g/mol. The average molecular weight is 157 g/mol. The Morgan fingerprint density at radius 3 is 3.25 bits per heavy atom. The van der Waals surface area contributed by atoms with Gasteiger partial charge in [0.05, 0.1) is 6.20 Å². The zero-order valence-electron chi connectivity index (χ0n) is 5.97. The zero-order valence-corrected chi connectivity index (χ0v) is 5.97. The summed E-state index contributed by atoms with van der Waals surface area (Å²) in [5.74, 6) is 0.650. The number of hydrogen-bond donors (Lipinski definition) is 0. The molecule has 0 amide bonds. The molecule has 0 saturated carbocycles. The van der Waals surface area contributed by atoms with Gasteiger partial charge in [0, 0.05) is 0 Å². The summed E-state index contributed by atoms with van der Waals surface area (Å²) in [7, 11) is 0. The minimum atomic E-state index is 0.650. The van der Waals surface area contributed by atoms with Crippen LogP contribution in [0.3, 0.4) is 0 Å². The Balaban J connectivity index is 2.50. The summed E-state index contributed by atoms with van der Waals surface area (Å²) >= 11 is 0. The Morgan fingerprint density at radius 1 is 1.25 bits per heavy atom. The van der Waals surface area contributed by atoms with E-state index in [9.17, 15) is 0 Å². The van der Waals surface area contributed by atoms with Gasteiger partial charge in [-0.1, -0.05) is 0 Å². The molecule has 0 saturated heterocycles. The van der Waals surface area contributed by atoms with E-state index in [1.165, 1.54) is 6.34 Å². The molecule has 0 bridgehead atoms. The fourth-order valence-electron chi connectivity index (χ4n) is 1.15. The lowest BCUT2D eigenvalue weighted by atomic mass is 10.3. The first-order valence-corrected chi connectivity index (χ1v) is 3.46. The molecule has 3 heterocycles. The average Bonchev–Trinajstić information content (AvgIpc) is 2.64. The van der Waals surface area contributed by atoms with E-state index in [2.05, 4.69) is 25.2 Å². The lowest BCUT2D eigenvalue weighted by Crippen LogP contribution is -2.11. The molecule has 0 unspecified atom stereocenters. The molecule has 0 aromatic carbocycles. The lowest BCUT2D eigenvalue weighted by Gasteiger charge is -1.88. The van der Waals surface area contributed by atoms with Gasteiger partial charge in [0.25, 0.3) is 0 Å². The van der Waals surface area contributed by atoms with Gasteiger partial charge in [0.2, 0.25) is 0 Å². The van der Waals surface area contributed by atoms with E-state index in [1.54, 1.807) is 6.20 Å².